The summed E-state index contributed by atoms with van der Waals surface area (Å²) in [4.78, 5) is 11.3. The molecule has 0 aromatic carbocycles. The maximum absolute atomic E-state index is 11.3. The Balaban J connectivity index is 2.15. The SMILES string of the molecule is CC(C)OC(=O)CNC(C)C1CCCC1. The molecule has 0 aliphatic heterocycles. The summed E-state index contributed by atoms with van der Waals surface area (Å²) in [5, 5.41) is 3.26. The molecular weight excluding hydrogens is 190 g/mol. The highest BCUT2D eigenvalue weighted by Crippen LogP contribution is 2.27. The molecule has 3 nitrogen and oxygen atoms in total. The van der Waals surface area contributed by atoms with E-state index in [0.29, 0.717) is 12.6 Å². The van der Waals surface area contributed by atoms with Crippen molar-refractivity contribution in [3.05, 3.63) is 0 Å². The van der Waals surface area contributed by atoms with Crippen LogP contribution in [0.1, 0.15) is 46.5 Å². The molecule has 3 heteroatoms. The highest BCUT2D eigenvalue weighted by Gasteiger charge is 2.21. The van der Waals surface area contributed by atoms with Crippen LogP contribution in [0.3, 0.4) is 0 Å². The van der Waals surface area contributed by atoms with E-state index in [4.69, 9.17) is 4.74 Å². The third-order valence-electron chi connectivity index (χ3n) is 3.04. The van der Waals surface area contributed by atoms with Crippen LogP contribution in [0.25, 0.3) is 0 Å². The number of carbonyl (C=O) groups is 1. The Kier molecular flexibility index (Phi) is 5.09. The molecule has 1 atom stereocenters. The molecule has 1 fully saturated rings. The van der Waals surface area contributed by atoms with E-state index >= 15 is 0 Å². The zero-order chi connectivity index (χ0) is 11.3. The molecule has 1 aliphatic rings. The van der Waals surface area contributed by atoms with Crippen LogP contribution in [0.4, 0.5) is 0 Å². The number of carbonyl (C=O) groups excluding carboxylic acids is 1. The first-order valence-corrected chi connectivity index (χ1v) is 6.02. The van der Waals surface area contributed by atoms with Gasteiger partial charge in [0.25, 0.3) is 0 Å². The first-order valence-electron chi connectivity index (χ1n) is 6.02. The average molecular weight is 213 g/mol. The van der Waals surface area contributed by atoms with Gasteiger partial charge in [0.2, 0.25) is 0 Å². The van der Waals surface area contributed by atoms with Gasteiger partial charge < -0.3 is 10.1 Å². The van der Waals surface area contributed by atoms with Gasteiger partial charge in [0, 0.05) is 6.04 Å². The van der Waals surface area contributed by atoms with Gasteiger partial charge in [0.15, 0.2) is 0 Å². The van der Waals surface area contributed by atoms with Crippen molar-refractivity contribution in [3.63, 3.8) is 0 Å². The second-order valence-corrected chi connectivity index (χ2v) is 4.75. The lowest BCUT2D eigenvalue weighted by Gasteiger charge is -2.20. The van der Waals surface area contributed by atoms with E-state index in [2.05, 4.69) is 12.2 Å². The standard InChI is InChI=1S/C12H23NO2/c1-9(2)15-12(14)8-13-10(3)11-6-4-5-7-11/h9-11,13H,4-8H2,1-3H3. The van der Waals surface area contributed by atoms with Crippen LogP contribution >= 0.6 is 0 Å². The predicted molar refractivity (Wildman–Crippen MR) is 60.7 cm³/mol. The van der Waals surface area contributed by atoms with Crippen LogP contribution in [0.5, 0.6) is 0 Å². The van der Waals surface area contributed by atoms with Gasteiger partial charge >= 0.3 is 5.97 Å². The van der Waals surface area contributed by atoms with Crippen LogP contribution in [-0.2, 0) is 9.53 Å². The fourth-order valence-corrected chi connectivity index (χ4v) is 2.17. The van der Waals surface area contributed by atoms with Crippen LogP contribution < -0.4 is 5.32 Å². The maximum Gasteiger partial charge on any atom is 0.320 e. The summed E-state index contributed by atoms with van der Waals surface area (Å²) in [6.07, 6.45) is 5.27. The molecule has 88 valence electrons. The topological polar surface area (TPSA) is 38.3 Å². The van der Waals surface area contributed by atoms with E-state index in [0.717, 1.165) is 5.92 Å². The highest BCUT2D eigenvalue weighted by atomic mass is 16.5. The van der Waals surface area contributed by atoms with Crippen LogP contribution in [-0.4, -0.2) is 24.7 Å². The zero-order valence-electron chi connectivity index (χ0n) is 10.1. The Morgan fingerprint density at radius 2 is 1.93 bits per heavy atom. The third kappa shape index (κ3) is 4.65. The Hall–Kier alpha value is -0.570. The van der Waals surface area contributed by atoms with Crippen LogP contribution in [0.2, 0.25) is 0 Å². The van der Waals surface area contributed by atoms with Crippen molar-refractivity contribution < 1.29 is 9.53 Å². The van der Waals surface area contributed by atoms with Crippen LogP contribution in [0, 0.1) is 5.92 Å². The molecule has 1 saturated carbocycles. The van der Waals surface area contributed by atoms with Crippen molar-refractivity contribution in [3.8, 4) is 0 Å². The first-order chi connectivity index (χ1) is 7.09. The Labute approximate surface area is 92.6 Å². The molecule has 0 saturated heterocycles. The first kappa shape index (κ1) is 12.5. The molecule has 1 rings (SSSR count). The predicted octanol–water partition coefficient (Wildman–Crippen LogP) is 2.11. The average Bonchev–Trinajstić information content (AvgIpc) is 2.65. The van der Waals surface area contributed by atoms with Crippen LogP contribution in [0.15, 0.2) is 0 Å². The van der Waals surface area contributed by atoms with Gasteiger partial charge in [0.1, 0.15) is 0 Å². The van der Waals surface area contributed by atoms with E-state index in [1.165, 1.54) is 25.7 Å². The molecule has 1 aliphatic carbocycles. The van der Waals surface area contributed by atoms with Gasteiger partial charge in [0.05, 0.1) is 12.6 Å². The number of ether oxygens (including phenoxy) is 1. The van der Waals surface area contributed by atoms with E-state index in [-0.39, 0.29) is 12.1 Å². The Bertz CT molecular complexity index is 198. The maximum atomic E-state index is 11.3. The lowest BCUT2D eigenvalue weighted by molar-refractivity contribution is -0.146. The number of nitrogens with one attached hydrogen (secondary N) is 1. The lowest BCUT2D eigenvalue weighted by atomic mass is 10.00. The fraction of sp³-hybridized carbons (Fsp3) is 0.917. The lowest BCUT2D eigenvalue weighted by Crippen LogP contribution is -2.37. The zero-order valence-corrected chi connectivity index (χ0v) is 10.1. The van der Waals surface area contributed by atoms with Crippen molar-refractivity contribution in [2.45, 2.75) is 58.6 Å². The molecule has 0 bridgehead atoms. The summed E-state index contributed by atoms with van der Waals surface area (Å²) in [6, 6.07) is 0.437. The number of hydrogen-bond acceptors (Lipinski definition) is 3. The van der Waals surface area contributed by atoms with Crippen molar-refractivity contribution >= 4 is 5.97 Å². The molecule has 0 radical (unpaired) electrons. The van der Waals surface area contributed by atoms with Gasteiger partial charge in [-0.15, -0.1) is 0 Å². The molecule has 15 heavy (non-hydrogen) atoms. The monoisotopic (exact) mass is 213 g/mol. The van der Waals surface area contributed by atoms with Gasteiger partial charge in [-0.3, -0.25) is 4.79 Å². The quantitative estimate of drug-likeness (QED) is 0.711. The largest absolute Gasteiger partial charge is 0.462 e. The normalized spacial score (nSPS) is 19.5. The molecule has 0 amide bonds. The van der Waals surface area contributed by atoms with Crippen molar-refractivity contribution in [2.24, 2.45) is 5.92 Å². The summed E-state index contributed by atoms with van der Waals surface area (Å²) < 4.78 is 5.06. The van der Waals surface area contributed by atoms with Gasteiger partial charge in [-0.1, -0.05) is 12.8 Å². The summed E-state index contributed by atoms with van der Waals surface area (Å²) in [6.45, 7) is 6.26. The Morgan fingerprint density at radius 3 is 2.47 bits per heavy atom. The number of rotatable bonds is 5. The minimum atomic E-state index is -0.144. The summed E-state index contributed by atoms with van der Waals surface area (Å²) >= 11 is 0. The van der Waals surface area contributed by atoms with Gasteiger partial charge in [-0.25, -0.2) is 0 Å². The van der Waals surface area contributed by atoms with Crippen molar-refractivity contribution in [1.29, 1.82) is 0 Å². The minimum Gasteiger partial charge on any atom is -0.462 e. The van der Waals surface area contributed by atoms with E-state index < -0.39 is 0 Å². The molecule has 0 spiro atoms. The van der Waals surface area contributed by atoms with Gasteiger partial charge in [-0.2, -0.15) is 0 Å². The summed E-state index contributed by atoms with van der Waals surface area (Å²) in [7, 11) is 0. The molecule has 0 aromatic rings. The second kappa shape index (κ2) is 6.11. The second-order valence-electron chi connectivity index (χ2n) is 4.75. The molecule has 0 aromatic heterocycles. The molecule has 1 N–H and O–H groups in total. The smallest absolute Gasteiger partial charge is 0.320 e. The molecular formula is C12H23NO2. The number of esters is 1. The fourth-order valence-electron chi connectivity index (χ4n) is 2.17. The van der Waals surface area contributed by atoms with Crippen molar-refractivity contribution in [1.82, 2.24) is 5.32 Å². The van der Waals surface area contributed by atoms with Gasteiger partial charge in [-0.05, 0) is 39.5 Å². The van der Waals surface area contributed by atoms with E-state index in [1.807, 2.05) is 13.8 Å². The molecule has 0 heterocycles. The third-order valence-corrected chi connectivity index (χ3v) is 3.04. The summed E-state index contributed by atoms with van der Waals surface area (Å²) in [5.74, 6) is 0.603. The molecule has 1 unspecified atom stereocenters. The van der Waals surface area contributed by atoms with E-state index in [9.17, 15) is 4.79 Å². The van der Waals surface area contributed by atoms with Crippen molar-refractivity contribution in [2.75, 3.05) is 6.54 Å². The Morgan fingerprint density at radius 1 is 1.33 bits per heavy atom. The minimum absolute atomic E-state index is 0.0129. The van der Waals surface area contributed by atoms with E-state index in [1.54, 1.807) is 0 Å². The highest BCUT2D eigenvalue weighted by molar-refractivity contribution is 5.71. The summed E-state index contributed by atoms with van der Waals surface area (Å²) in [5.41, 5.74) is 0. The number of hydrogen-bond donors (Lipinski definition) is 1.